The van der Waals surface area contributed by atoms with E-state index >= 15 is 0 Å². The molecular formula is C31H32BrN5OS. The van der Waals surface area contributed by atoms with Crippen LogP contribution < -0.4 is 16.2 Å². The van der Waals surface area contributed by atoms with Gasteiger partial charge in [0.2, 0.25) is 0 Å². The number of fused-ring (bicyclic) bond motifs is 3. The van der Waals surface area contributed by atoms with Crippen LogP contribution in [0.2, 0.25) is 0 Å². The molecule has 0 radical (unpaired) electrons. The molecule has 6 rings (SSSR count). The topological polar surface area (TPSA) is 76.3 Å². The minimum atomic E-state index is -0.448. The van der Waals surface area contributed by atoms with Gasteiger partial charge in [-0.25, -0.2) is 15.8 Å². The largest absolute Gasteiger partial charge is 0.365 e. The van der Waals surface area contributed by atoms with Crippen LogP contribution >= 0.6 is 27.7 Å². The monoisotopic (exact) mass is 601 g/mol. The van der Waals surface area contributed by atoms with Crippen LogP contribution in [0, 0.1) is 0 Å². The van der Waals surface area contributed by atoms with Crippen molar-refractivity contribution < 1.29 is 4.74 Å². The molecule has 3 aromatic carbocycles. The van der Waals surface area contributed by atoms with E-state index in [1.165, 1.54) is 39.7 Å². The van der Waals surface area contributed by atoms with Crippen LogP contribution in [-0.2, 0) is 42.9 Å². The van der Waals surface area contributed by atoms with E-state index in [2.05, 4.69) is 104 Å². The highest BCUT2D eigenvalue weighted by Crippen LogP contribution is 2.50. The van der Waals surface area contributed by atoms with Gasteiger partial charge in [-0.05, 0) is 64.2 Å². The van der Waals surface area contributed by atoms with Gasteiger partial charge in [0.25, 0.3) is 0 Å². The van der Waals surface area contributed by atoms with Gasteiger partial charge in [-0.3, -0.25) is 0 Å². The summed E-state index contributed by atoms with van der Waals surface area (Å²) in [6, 6.07) is 25.9. The van der Waals surface area contributed by atoms with Gasteiger partial charge >= 0.3 is 0 Å². The molecular weight excluding hydrogens is 570 g/mol. The molecule has 0 fully saturated rings. The van der Waals surface area contributed by atoms with E-state index in [0.29, 0.717) is 18.8 Å². The van der Waals surface area contributed by atoms with Crippen LogP contribution in [0.4, 0.5) is 11.5 Å². The van der Waals surface area contributed by atoms with Crippen molar-refractivity contribution in [3.05, 3.63) is 111 Å². The molecule has 1 aliphatic heterocycles. The van der Waals surface area contributed by atoms with Crippen molar-refractivity contribution >= 4 is 39.2 Å². The first-order valence-electron chi connectivity index (χ1n) is 13.3. The third kappa shape index (κ3) is 5.18. The Labute approximate surface area is 242 Å². The number of aromatic nitrogens is 2. The number of nitrogens with two attached hydrogens (primary N) is 1. The molecule has 1 spiro atoms. The molecule has 0 saturated carbocycles. The first-order chi connectivity index (χ1) is 19.1. The number of hydrazine groups is 1. The molecule has 39 heavy (non-hydrogen) atoms. The fraction of sp³-hybridized carbons (Fsp3) is 0.290. The van der Waals surface area contributed by atoms with Crippen LogP contribution in [0.1, 0.15) is 46.4 Å². The molecule has 1 aliphatic carbocycles. The average Bonchev–Trinajstić information content (AvgIpc) is 2.97. The number of nitrogens with one attached hydrogen (secondary N) is 1. The summed E-state index contributed by atoms with van der Waals surface area (Å²) in [6.07, 6.45) is 5.75. The van der Waals surface area contributed by atoms with Crippen LogP contribution in [0.5, 0.6) is 0 Å². The zero-order chi connectivity index (χ0) is 26.8. The Morgan fingerprint density at radius 1 is 1.00 bits per heavy atom. The molecule has 2 heterocycles. The molecule has 2 aliphatic rings. The number of ether oxygens (including phenoxy) is 1. The molecule has 4 aromatic rings. The summed E-state index contributed by atoms with van der Waals surface area (Å²) in [4.78, 5) is 11.9. The highest BCUT2D eigenvalue weighted by molar-refractivity contribution is 9.10. The molecule has 0 unspecified atom stereocenters. The van der Waals surface area contributed by atoms with Crippen LogP contribution in [0.3, 0.4) is 0 Å². The van der Waals surface area contributed by atoms with Gasteiger partial charge in [0.05, 0.1) is 18.0 Å². The number of thioether (sulfide) groups is 1. The van der Waals surface area contributed by atoms with E-state index < -0.39 is 5.60 Å². The van der Waals surface area contributed by atoms with Crippen LogP contribution in [0.25, 0.3) is 0 Å². The lowest BCUT2D eigenvalue weighted by atomic mass is 9.74. The predicted octanol–water partition coefficient (Wildman–Crippen LogP) is 6.76. The summed E-state index contributed by atoms with van der Waals surface area (Å²) >= 11 is 5.64. The Kier molecular flexibility index (Phi) is 7.62. The number of hydrogen-bond acceptors (Lipinski definition) is 7. The average molecular weight is 603 g/mol. The van der Waals surface area contributed by atoms with Crippen molar-refractivity contribution in [2.24, 2.45) is 5.84 Å². The maximum atomic E-state index is 6.80. The van der Waals surface area contributed by atoms with Crippen molar-refractivity contribution in [1.82, 2.24) is 9.97 Å². The van der Waals surface area contributed by atoms with E-state index in [4.69, 9.17) is 15.6 Å². The first kappa shape index (κ1) is 26.3. The van der Waals surface area contributed by atoms with E-state index in [9.17, 15) is 0 Å². The molecule has 0 saturated heterocycles. The zero-order valence-corrected chi connectivity index (χ0v) is 24.4. The van der Waals surface area contributed by atoms with Crippen molar-refractivity contribution in [3.63, 3.8) is 0 Å². The second-order valence-electron chi connectivity index (χ2n) is 10.2. The standard InChI is InChI=1S/C31H32BrN5OS/c1-39-30-34-25-17-31(38-20-24(25)29(35-30)36-33)16-8-13-23-14-15-26(28(32)27(23)31)37(18-21-9-4-2-5-10-21)19-22-11-6-3-7-12-22/h2-7,9-12,14-15H,8,13,16-20,33H2,1H3,(H,34,35,36)/t31-/m1/s1. The summed E-state index contributed by atoms with van der Waals surface area (Å²) in [7, 11) is 0. The van der Waals surface area contributed by atoms with E-state index in [1.54, 1.807) is 0 Å². The fourth-order valence-electron chi connectivity index (χ4n) is 5.94. The Morgan fingerprint density at radius 2 is 1.69 bits per heavy atom. The van der Waals surface area contributed by atoms with Gasteiger partial charge in [-0.1, -0.05) is 78.5 Å². The summed E-state index contributed by atoms with van der Waals surface area (Å²) < 4.78 is 7.91. The quantitative estimate of drug-likeness (QED) is 0.105. The molecule has 6 nitrogen and oxygen atoms in total. The predicted molar refractivity (Wildman–Crippen MR) is 162 cm³/mol. The van der Waals surface area contributed by atoms with E-state index in [0.717, 1.165) is 53.2 Å². The van der Waals surface area contributed by atoms with Gasteiger partial charge in [-0.15, -0.1) is 0 Å². The number of hydrogen-bond donors (Lipinski definition) is 2. The number of anilines is 2. The molecule has 8 heteroatoms. The summed E-state index contributed by atoms with van der Waals surface area (Å²) in [5, 5.41) is 0.722. The van der Waals surface area contributed by atoms with Gasteiger partial charge in [0.15, 0.2) is 5.16 Å². The molecule has 200 valence electrons. The highest BCUT2D eigenvalue weighted by atomic mass is 79.9. The number of nitrogen functional groups attached to an aromatic ring is 1. The third-order valence-electron chi connectivity index (χ3n) is 7.80. The normalized spacial score (nSPS) is 17.9. The minimum absolute atomic E-state index is 0.428. The van der Waals surface area contributed by atoms with Gasteiger partial charge in [0.1, 0.15) is 11.4 Å². The van der Waals surface area contributed by atoms with Gasteiger partial charge < -0.3 is 15.1 Å². The lowest BCUT2D eigenvalue weighted by Crippen LogP contribution is -2.41. The van der Waals surface area contributed by atoms with Crippen molar-refractivity contribution in [2.75, 3.05) is 16.6 Å². The lowest BCUT2D eigenvalue weighted by molar-refractivity contribution is -0.0859. The van der Waals surface area contributed by atoms with Crippen molar-refractivity contribution in [3.8, 4) is 0 Å². The van der Waals surface area contributed by atoms with Gasteiger partial charge in [-0.2, -0.15) is 0 Å². The maximum absolute atomic E-state index is 6.80. The minimum Gasteiger partial charge on any atom is -0.365 e. The molecule has 0 amide bonds. The number of halogens is 1. The highest BCUT2D eigenvalue weighted by Gasteiger charge is 2.44. The lowest BCUT2D eigenvalue weighted by Gasteiger charge is -2.43. The SMILES string of the molecule is CSc1nc2c(c(NN)n1)CO[C@]1(CCCc3ccc(N(Cc4ccccc4)Cc4ccccc4)c(Br)c31)C2. The van der Waals surface area contributed by atoms with Crippen molar-refractivity contribution in [1.29, 1.82) is 0 Å². The smallest absolute Gasteiger partial charge is 0.189 e. The van der Waals surface area contributed by atoms with E-state index in [1.807, 2.05) is 6.26 Å². The molecule has 3 N–H and O–H groups in total. The van der Waals surface area contributed by atoms with Gasteiger partial charge in [0, 0.05) is 35.1 Å². The fourth-order valence-corrected chi connectivity index (χ4v) is 7.33. The summed E-state index contributed by atoms with van der Waals surface area (Å²) in [5.41, 5.74) is 10.6. The molecule has 1 atom stereocenters. The Morgan fingerprint density at radius 3 is 2.33 bits per heavy atom. The second kappa shape index (κ2) is 11.3. The number of rotatable bonds is 7. The first-order valence-corrected chi connectivity index (χ1v) is 15.3. The Hall–Kier alpha value is -2.91. The van der Waals surface area contributed by atoms with E-state index in [-0.39, 0.29) is 0 Å². The summed E-state index contributed by atoms with van der Waals surface area (Å²) in [6.45, 7) is 2.04. The van der Waals surface area contributed by atoms with Crippen LogP contribution in [-0.4, -0.2) is 16.2 Å². The molecule has 0 bridgehead atoms. The number of aryl methyl sites for hydroxylation is 1. The number of benzene rings is 3. The van der Waals surface area contributed by atoms with Crippen molar-refractivity contribution in [2.45, 2.75) is 56.1 Å². The maximum Gasteiger partial charge on any atom is 0.189 e. The van der Waals surface area contributed by atoms with Crippen LogP contribution in [0.15, 0.2) is 82.4 Å². The Balaban J connectivity index is 1.43. The Bertz CT molecular complexity index is 1430. The molecule has 1 aromatic heterocycles. The second-order valence-corrected chi connectivity index (χ2v) is 11.8. The zero-order valence-electron chi connectivity index (χ0n) is 22.0. The number of nitrogens with zero attached hydrogens (tertiary/aromatic N) is 3. The summed E-state index contributed by atoms with van der Waals surface area (Å²) in [5.74, 6) is 6.48. The third-order valence-corrected chi connectivity index (χ3v) is 9.15.